The number of carbonyl (C=O) groups excluding carboxylic acids is 1. The predicted molar refractivity (Wildman–Crippen MR) is 171 cm³/mol. The molecule has 1 unspecified atom stereocenters. The summed E-state index contributed by atoms with van der Waals surface area (Å²) < 4.78 is 18.1. The van der Waals surface area contributed by atoms with Crippen molar-refractivity contribution in [1.82, 2.24) is 19.9 Å². The summed E-state index contributed by atoms with van der Waals surface area (Å²) in [7, 11) is 0. The van der Waals surface area contributed by atoms with Crippen LogP contribution in [0, 0.1) is 0 Å². The molecule has 2 N–H and O–H groups in total. The predicted octanol–water partition coefficient (Wildman–Crippen LogP) is 5.77. The molecule has 0 aliphatic carbocycles. The number of pyridine rings is 1. The SMILES string of the molecule is Nc1ncccc1CN1CCCOc2cccc(c2)C2c3ccc(cc3CCN2C(=O)c2cc(-c3ccccc3)on2)OCC1. The van der Waals surface area contributed by atoms with Crippen molar-refractivity contribution < 1.29 is 18.8 Å². The van der Waals surface area contributed by atoms with Gasteiger partial charge >= 0.3 is 0 Å². The van der Waals surface area contributed by atoms with E-state index in [1.54, 1.807) is 12.3 Å². The summed E-state index contributed by atoms with van der Waals surface area (Å²) >= 11 is 0. The van der Waals surface area contributed by atoms with Crippen molar-refractivity contribution in [2.45, 2.75) is 25.4 Å². The summed E-state index contributed by atoms with van der Waals surface area (Å²) in [5, 5.41) is 4.18. The average molecular weight is 602 g/mol. The van der Waals surface area contributed by atoms with E-state index in [1.165, 1.54) is 0 Å². The molecule has 9 heteroatoms. The van der Waals surface area contributed by atoms with Crippen molar-refractivity contribution in [3.05, 3.63) is 125 Å². The summed E-state index contributed by atoms with van der Waals surface area (Å²) in [6.07, 6.45) is 3.23. The topological polar surface area (TPSA) is 107 Å². The number of ether oxygens (including phenoxy) is 2. The third kappa shape index (κ3) is 6.25. The lowest BCUT2D eigenvalue weighted by molar-refractivity contribution is 0.0683. The van der Waals surface area contributed by atoms with E-state index in [-0.39, 0.29) is 17.6 Å². The van der Waals surface area contributed by atoms with E-state index < -0.39 is 0 Å². The van der Waals surface area contributed by atoms with Crippen LogP contribution in [0.1, 0.15) is 45.2 Å². The minimum Gasteiger partial charge on any atom is -0.494 e. The molecule has 6 bridgehead atoms. The molecule has 2 aromatic heterocycles. The molecule has 0 saturated carbocycles. The Morgan fingerprint density at radius 1 is 0.867 bits per heavy atom. The molecule has 3 aliphatic heterocycles. The van der Waals surface area contributed by atoms with Crippen LogP contribution in [0.5, 0.6) is 11.5 Å². The first kappa shape index (κ1) is 28.6. The van der Waals surface area contributed by atoms with Crippen LogP contribution in [0.4, 0.5) is 5.82 Å². The Labute approximate surface area is 262 Å². The average Bonchev–Trinajstić information content (AvgIpc) is 3.57. The molecular weight excluding hydrogens is 566 g/mol. The van der Waals surface area contributed by atoms with Gasteiger partial charge in [0.25, 0.3) is 5.91 Å². The number of hydrogen-bond acceptors (Lipinski definition) is 8. The molecule has 0 saturated heterocycles. The van der Waals surface area contributed by atoms with Gasteiger partial charge in [0.15, 0.2) is 11.5 Å². The zero-order valence-corrected chi connectivity index (χ0v) is 25.0. The monoisotopic (exact) mass is 601 g/mol. The summed E-state index contributed by atoms with van der Waals surface area (Å²) in [6, 6.07) is 29.3. The molecule has 0 fully saturated rings. The van der Waals surface area contributed by atoms with Crippen molar-refractivity contribution in [3.63, 3.8) is 0 Å². The van der Waals surface area contributed by atoms with E-state index in [1.807, 2.05) is 71.6 Å². The van der Waals surface area contributed by atoms with Crippen molar-refractivity contribution in [2.75, 3.05) is 38.6 Å². The van der Waals surface area contributed by atoms with Gasteiger partial charge in [-0.2, -0.15) is 0 Å². The van der Waals surface area contributed by atoms with Gasteiger partial charge in [0, 0.05) is 49.6 Å². The highest BCUT2D eigenvalue weighted by atomic mass is 16.5. The Kier molecular flexibility index (Phi) is 8.16. The van der Waals surface area contributed by atoms with E-state index in [4.69, 9.17) is 19.7 Å². The molecule has 1 atom stereocenters. The van der Waals surface area contributed by atoms with Gasteiger partial charge in [-0.1, -0.05) is 59.8 Å². The first-order valence-electron chi connectivity index (χ1n) is 15.4. The molecule has 5 heterocycles. The Morgan fingerprint density at radius 3 is 2.62 bits per heavy atom. The number of nitrogen functional groups attached to an aromatic ring is 1. The van der Waals surface area contributed by atoms with Gasteiger partial charge in [-0.25, -0.2) is 4.98 Å². The fourth-order valence-electron chi connectivity index (χ4n) is 6.17. The second-order valence-electron chi connectivity index (χ2n) is 11.4. The number of amides is 1. The Hall–Kier alpha value is -5.15. The largest absolute Gasteiger partial charge is 0.494 e. The normalized spacial score (nSPS) is 17.0. The van der Waals surface area contributed by atoms with Crippen LogP contribution >= 0.6 is 0 Å². The van der Waals surface area contributed by atoms with Crippen molar-refractivity contribution >= 4 is 11.7 Å². The summed E-state index contributed by atoms with van der Waals surface area (Å²) in [5.41, 5.74) is 11.5. The van der Waals surface area contributed by atoms with Crippen LogP contribution < -0.4 is 15.2 Å². The molecule has 0 radical (unpaired) electrons. The number of benzene rings is 3. The number of nitrogens with two attached hydrogens (primary N) is 1. The molecule has 45 heavy (non-hydrogen) atoms. The van der Waals surface area contributed by atoms with Gasteiger partial charge < -0.3 is 24.6 Å². The number of carbonyl (C=O) groups is 1. The van der Waals surface area contributed by atoms with E-state index in [9.17, 15) is 4.79 Å². The highest BCUT2D eigenvalue weighted by molar-refractivity contribution is 5.94. The van der Waals surface area contributed by atoms with Crippen molar-refractivity contribution in [1.29, 1.82) is 0 Å². The Morgan fingerprint density at radius 2 is 1.73 bits per heavy atom. The van der Waals surface area contributed by atoms with Crippen LogP contribution in [-0.2, 0) is 13.0 Å². The standard InChI is InChI=1S/C36H35N5O4/c37-35-28(10-5-15-38-35)24-40-16-6-19-43-29-11-4-9-27(22-29)34-31-13-12-30(44-20-18-40)21-26(31)14-17-41(34)36(42)32-23-33(45-39-32)25-7-2-1-3-8-25/h1-5,7-13,15,21-23,34H,6,14,16-20,24H2,(H2,37,38). The quantitative estimate of drug-likeness (QED) is 0.277. The minimum absolute atomic E-state index is 0.174. The maximum atomic E-state index is 14.0. The smallest absolute Gasteiger partial charge is 0.276 e. The van der Waals surface area contributed by atoms with Gasteiger partial charge in [-0.3, -0.25) is 9.69 Å². The first-order chi connectivity index (χ1) is 22.1. The Balaban J connectivity index is 1.18. The summed E-state index contributed by atoms with van der Waals surface area (Å²) in [5.74, 6) is 2.53. The number of aromatic nitrogens is 2. The second kappa shape index (κ2) is 12.8. The summed E-state index contributed by atoms with van der Waals surface area (Å²) in [6.45, 7) is 3.84. The van der Waals surface area contributed by atoms with Crippen LogP contribution in [0.2, 0.25) is 0 Å². The van der Waals surface area contributed by atoms with Gasteiger partial charge in [0.2, 0.25) is 0 Å². The second-order valence-corrected chi connectivity index (χ2v) is 11.4. The van der Waals surface area contributed by atoms with E-state index in [0.29, 0.717) is 44.3 Å². The molecule has 228 valence electrons. The molecule has 0 spiro atoms. The van der Waals surface area contributed by atoms with Gasteiger partial charge in [0.05, 0.1) is 12.6 Å². The molecular formula is C36H35N5O4. The lowest BCUT2D eigenvalue weighted by atomic mass is 9.87. The minimum atomic E-state index is -0.316. The number of fused-ring (bicyclic) bond motifs is 8. The maximum absolute atomic E-state index is 14.0. The van der Waals surface area contributed by atoms with E-state index >= 15 is 0 Å². The number of hydrogen-bond donors (Lipinski definition) is 1. The zero-order valence-electron chi connectivity index (χ0n) is 25.0. The first-order valence-corrected chi connectivity index (χ1v) is 15.4. The summed E-state index contributed by atoms with van der Waals surface area (Å²) in [4.78, 5) is 22.5. The maximum Gasteiger partial charge on any atom is 0.276 e. The third-order valence-corrected chi connectivity index (χ3v) is 8.45. The molecule has 9 nitrogen and oxygen atoms in total. The van der Waals surface area contributed by atoms with Crippen molar-refractivity contribution in [2.24, 2.45) is 0 Å². The van der Waals surface area contributed by atoms with Crippen molar-refractivity contribution in [3.8, 4) is 22.8 Å². The number of anilines is 1. The molecule has 8 rings (SSSR count). The molecule has 3 aliphatic rings. The fourth-order valence-corrected chi connectivity index (χ4v) is 6.17. The highest BCUT2D eigenvalue weighted by Gasteiger charge is 2.34. The Bertz CT molecular complexity index is 1790. The molecule has 1 amide bonds. The highest BCUT2D eigenvalue weighted by Crippen LogP contribution is 2.39. The van der Waals surface area contributed by atoms with Crippen LogP contribution in [0.15, 0.2) is 102 Å². The van der Waals surface area contributed by atoms with Gasteiger partial charge in [-0.15, -0.1) is 0 Å². The number of nitrogens with zero attached hydrogens (tertiary/aromatic N) is 4. The number of rotatable bonds is 4. The lowest BCUT2D eigenvalue weighted by Crippen LogP contribution is -2.40. The third-order valence-electron chi connectivity index (χ3n) is 8.45. The molecule has 5 aromatic rings. The fraction of sp³-hybridized carbons (Fsp3) is 0.250. The molecule has 3 aromatic carbocycles. The van der Waals surface area contributed by atoms with Crippen LogP contribution in [0.3, 0.4) is 0 Å². The van der Waals surface area contributed by atoms with Gasteiger partial charge in [-0.05, 0) is 59.9 Å². The van der Waals surface area contributed by atoms with Crippen LogP contribution in [-0.4, -0.2) is 58.7 Å². The lowest BCUT2D eigenvalue weighted by Gasteiger charge is -2.37. The van der Waals surface area contributed by atoms with E-state index in [0.717, 1.165) is 58.8 Å². The van der Waals surface area contributed by atoms with Gasteiger partial charge in [0.1, 0.15) is 23.9 Å². The zero-order chi connectivity index (χ0) is 30.6. The van der Waals surface area contributed by atoms with Crippen LogP contribution in [0.25, 0.3) is 11.3 Å². The van der Waals surface area contributed by atoms with E-state index in [2.05, 4.69) is 33.2 Å².